The number of aliphatic hydroxyl groups excluding tert-OH is 1. The number of benzene rings is 2. The predicted molar refractivity (Wildman–Crippen MR) is 132 cm³/mol. The molecule has 2 aliphatic heterocycles. The van der Waals surface area contributed by atoms with Gasteiger partial charge in [0.05, 0.1) is 18.2 Å². The van der Waals surface area contributed by atoms with E-state index in [9.17, 15) is 14.7 Å². The number of rotatable bonds is 8. The smallest absolute Gasteiger partial charge is 0.264 e. The van der Waals surface area contributed by atoms with Crippen molar-refractivity contribution < 1.29 is 19.8 Å². The predicted octanol–water partition coefficient (Wildman–Crippen LogP) is 2.93. The summed E-state index contributed by atoms with van der Waals surface area (Å²) >= 11 is 0. The van der Waals surface area contributed by atoms with Crippen LogP contribution in [0, 0.1) is 11.8 Å². The summed E-state index contributed by atoms with van der Waals surface area (Å²) in [5, 5.41) is 26.9. The van der Waals surface area contributed by atoms with Crippen LogP contribution in [-0.2, 0) is 21.7 Å². The molecule has 0 aliphatic carbocycles. The minimum absolute atomic E-state index is 0.00445. The molecule has 0 bridgehead atoms. The fourth-order valence-electron chi connectivity index (χ4n) is 4.82. The van der Waals surface area contributed by atoms with E-state index in [1.165, 1.54) is 0 Å². The number of fused-ring (bicyclic) bond motifs is 1. The van der Waals surface area contributed by atoms with Crippen molar-refractivity contribution in [2.24, 2.45) is 11.8 Å². The molecule has 2 aliphatic rings. The number of carbonyl (C=O) groups is 2. The van der Waals surface area contributed by atoms with Gasteiger partial charge in [-0.3, -0.25) is 9.59 Å². The van der Waals surface area contributed by atoms with E-state index in [1.54, 1.807) is 23.1 Å². The molecule has 0 spiro atoms. The molecular formula is C27H33N3O4. The van der Waals surface area contributed by atoms with E-state index in [-0.39, 0.29) is 30.9 Å². The molecule has 2 heterocycles. The second-order valence-electron chi connectivity index (χ2n) is 9.14. The van der Waals surface area contributed by atoms with Crippen molar-refractivity contribution in [2.45, 2.75) is 38.3 Å². The van der Waals surface area contributed by atoms with Crippen LogP contribution < -0.4 is 15.5 Å². The number of anilines is 2. The van der Waals surface area contributed by atoms with E-state index in [1.807, 2.05) is 49.4 Å². The number of hydrogen-bond acceptors (Lipinski definition) is 5. The number of aliphatic hydroxyl groups is 2. The van der Waals surface area contributed by atoms with E-state index in [0.29, 0.717) is 29.9 Å². The number of hydrogen-bond donors (Lipinski definition) is 4. The first-order valence-electron chi connectivity index (χ1n) is 12.0. The number of para-hydroxylation sites is 1. The zero-order chi connectivity index (χ0) is 24.1. The first-order chi connectivity index (χ1) is 16.4. The monoisotopic (exact) mass is 463 g/mol. The highest BCUT2D eigenvalue weighted by molar-refractivity contribution is 6.07. The molecule has 0 saturated carbocycles. The molecule has 4 N–H and O–H groups in total. The molecule has 4 rings (SSSR count). The van der Waals surface area contributed by atoms with Gasteiger partial charge in [-0.1, -0.05) is 49.4 Å². The van der Waals surface area contributed by atoms with Crippen LogP contribution in [0.15, 0.2) is 60.7 Å². The van der Waals surface area contributed by atoms with Crippen LogP contribution >= 0.6 is 0 Å². The Morgan fingerprint density at radius 2 is 2.12 bits per heavy atom. The largest absolute Gasteiger partial charge is 0.396 e. The minimum atomic E-state index is -1.68. The molecule has 1 unspecified atom stereocenters. The quantitative estimate of drug-likeness (QED) is 0.451. The topological polar surface area (TPSA) is 102 Å². The number of nitrogens with one attached hydrogen (secondary N) is 2. The lowest BCUT2D eigenvalue weighted by atomic mass is 9.83. The van der Waals surface area contributed by atoms with Crippen LogP contribution in [-0.4, -0.2) is 41.7 Å². The van der Waals surface area contributed by atoms with Crippen LogP contribution in [0.25, 0.3) is 0 Å². The van der Waals surface area contributed by atoms with E-state index < -0.39 is 11.5 Å². The molecule has 1 saturated heterocycles. The molecule has 2 aromatic carbocycles. The third-order valence-corrected chi connectivity index (χ3v) is 6.76. The van der Waals surface area contributed by atoms with Crippen LogP contribution in [0.2, 0.25) is 0 Å². The highest BCUT2D eigenvalue weighted by atomic mass is 16.3. The Hall–Kier alpha value is -3.00. The summed E-state index contributed by atoms with van der Waals surface area (Å²) in [5.41, 5.74) is 1.14. The molecule has 0 aromatic heterocycles. The maximum Gasteiger partial charge on any atom is 0.264 e. The van der Waals surface area contributed by atoms with Crippen molar-refractivity contribution in [1.29, 1.82) is 0 Å². The highest BCUT2D eigenvalue weighted by Gasteiger charge is 2.52. The molecule has 34 heavy (non-hydrogen) atoms. The van der Waals surface area contributed by atoms with E-state index in [2.05, 4.69) is 10.6 Å². The van der Waals surface area contributed by atoms with Gasteiger partial charge in [0.2, 0.25) is 5.91 Å². The molecule has 7 heteroatoms. The molecular weight excluding hydrogens is 430 g/mol. The Kier molecular flexibility index (Phi) is 7.46. The summed E-state index contributed by atoms with van der Waals surface area (Å²) in [6.45, 7) is 3.74. The van der Waals surface area contributed by atoms with Crippen molar-refractivity contribution in [3.05, 3.63) is 71.8 Å². The minimum Gasteiger partial charge on any atom is -0.396 e. The summed E-state index contributed by atoms with van der Waals surface area (Å²) in [5.74, 6) is -0.880. The van der Waals surface area contributed by atoms with Crippen LogP contribution in [0.5, 0.6) is 0 Å². The third-order valence-electron chi connectivity index (χ3n) is 6.76. The summed E-state index contributed by atoms with van der Waals surface area (Å²) < 4.78 is 0. The molecule has 3 atom stereocenters. The Bertz CT molecular complexity index is 1060. The molecule has 2 amide bonds. The van der Waals surface area contributed by atoms with Gasteiger partial charge in [-0.2, -0.15) is 0 Å². The highest BCUT2D eigenvalue weighted by Crippen LogP contribution is 2.45. The van der Waals surface area contributed by atoms with Crippen LogP contribution in [0.3, 0.4) is 0 Å². The van der Waals surface area contributed by atoms with E-state index >= 15 is 0 Å². The number of piperidine rings is 1. The average molecular weight is 464 g/mol. The SMILES string of the molecule is C[C@@H](/C=C/CCO)[C@]1(O)C(=O)N(Cc2cccc(NC(=O)C3CCCNC3)c2)c2ccccc21. The molecule has 1 fully saturated rings. The first-order valence-corrected chi connectivity index (χ1v) is 12.0. The number of carbonyl (C=O) groups excluding carboxylic acids is 2. The van der Waals surface area contributed by atoms with Gasteiger partial charge in [-0.25, -0.2) is 0 Å². The third kappa shape index (κ3) is 4.78. The Labute approximate surface area is 200 Å². The van der Waals surface area contributed by atoms with Gasteiger partial charge in [0, 0.05) is 30.3 Å². The number of nitrogens with zero attached hydrogens (tertiary/aromatic N) is 1. The Balaban J connectivity index is 1.54. The Morgan fingerprint density at radius 3 is 2.88 bits per heavy atom. The average Bonchev–Trinajstić information content (AvgIpc) is 3.08. The fourth-order valence-corrected chi connectivity index (χ4v) is 4.82. The van der Waals surface area contributed by atoms with Crippen molar-refractivity contribution in [1.82, 2.24) is 5.32 Å². The molecule has 7 nitrogen and oxygen atoms in total. The lowest BCUT2D eigenvalue weighted by Crippen LogP contribution is -2.44. The van der Waals surface area contributed by atoms with E-state index in [4.69, 9.17) is 5.11 Å². The van der Waals surface area contributed by atoms with Gasteiger partial charge in [-0.05, 0) is 49.6 Å². The molecule has 180 valence electrons. The van der Waals surface area contributed by atoms with Crippen molar-refractivity contribution >= 4 is 23.2 Å². The van der Waals surface area contributed by atoms with Gasteiger partial charge in [0.25, 0.3) is 5.91 Å². The fraction of sp³-hybridized carbons (Fsp3) is 0.407. The standard InChI is InChI=1S/C27H33N3O4/c1-19(8-4-5-15-31)27(34)23-12-2-3-13-24(23)30(26(27)33)18-20-9-6-11-22(16-20)29-25(32)21-10-7-14-28-17-21/h2-4,6,8-9,11-13,16,19,21,28,31,34H,5,7,10,14-15,17-18H2,1H3,(H,29,32)/b8-4+/t19-,21?,27+/m0/s1. The summed E-state index contributed by atoms with van der Waals surface area (Å²) in [7, 11) is 0. The maximum atomic E-state index is 13.5. The van der Waals surface area contributed by atoms with Gasteiger partial charge >= 0.3 is 0 Å². The zero-order valence-electron chi connectivity index (χ0n) is 19.5. The summed E-state index contributed by atoms with van der Waals surface area (Å²) in [6, 6.07) is 14.8. The summed E-state index contributed by atoms with van der Waals surface area (Å²) in [4.78, 5) is 27.8. The normalized spacial score (nSPS) is 23.2. The van der Waals surface area contributed by atoms with Crippen molar-refractivity contribution in [3.63, 3.8) is 0 Å². The molecule has 0 radical (unpaired) electrons. The first kappa shape index (κ1) is 24.1. The van der Waals surface area contributed by atoms with Crippen LogP contribution in [0.1, 0.15) is 37.3 Å². The number of amides is 2. The lowest BCUT2D eigenvalue weighted by molar-refractivity contribution is -0.139. The van der Waals surface area contributed by atoms with Gasteiger partial charge < -0.3 is 25.7 Å². The second kappa shape index (κ2) is 10.5. The Morgan fingerprint density at radius 1 is 1.29 bits per heavy atom. The van der Waals surface area contributed by atoms with Crippen molar-refractivity contribution in [2.75, 3.05) is 29.9 Å². The van der Waals surface area contributed by atoms with Gasteiger partial charge in [-0.15, -0.1) is 0 Å². The van der Waals surface area contributed by atoms with Crippen molar-refractivity contribution in [3.8, 4) is 0 Å². The summed E-state index contributed by atoms with van der Waals surface area (Å²) in [6.07, 6.45) is 5.90. The second-order valence-corrected chi connectivity index (χ2v) is 9.14. The zero-order valence-corrected chi connectivity index (χ0v) is 19.5. The van der Waals surface area contributed by atoms with Gasteiger partial charge in [0.15, 0.2) is 5.60 Å². The van der Waals surface area contributed by atoms with Crippen LogP contribution in [0.4, 0.5) is 11.4 Å². The van der Waals surface area contributed by atoms with Gasteiger partial charge in [0.1, 0.15) is 0 Å². The maximum absolute atomic E-state index is 13.5. The van der Waals surface area contributed by atoms with E-state index in [0.717, 1.165) is 24.9 Å². The molecule has 2 aromatic rings. The lowest BCUT2D eigenvalue weighted by Gasteiger charge is -2.27.